The van der Waals surface area contributed by atoms with Crippen LogP contribution in [-0.4, -0.2) is 23.9 Å². The van der Waals surface area contributed by atoms with Gasteiger partial charge in [-0.1, -0.05) is 43.3 Å². The number of rotatable bonds is 6. The zero-order chi connectivity index (χ0) is 15.9. The van der Waals surface area contributed by atoms with E-state index in [0.717, 1.165) is 18.8 Å². The van der Waals surface area contributed by atoms with E-state index in [1.165, 1.54) is 16.7 Å². The molecule has 0 unspecified atom stereocenters. The number of hydrogen-bond donors (Lipinski definition) is 1. The van der Waals surface area contributed by atoms with E-state index in [1.54, 1.807) is 0 Å². The van der Waals surface area contributed by atoms with Gasteiger partial charge in [0.25, 0.3) is 0 Å². The number of benzene rings is 2. The lowest BCUT2D eigenvalue weighted by Gasteiger charge is -2.20. The van der Waals surface area contributed by atoms with Crippen molar-refractivity contribution in [2.45, 2.75) is 27.3 Å². The Bertz CT molecular complexity index is 623. The quantitative estimate of drug-likeness (QED) is 0.880. The Labute approximate surface area is 133 Å². The number of aryl methyl sites for hydroxylation is 2. The zero-order valence-electron chi connectivity index (χ0n) is 13.6. The highest BCUT2D eigenvalue weighted by atomic mass is 16.2. The monoisotopic (exact) mass is 296 g/mol. The largest absolute Gasteiger partial charge is 0.325 e. The molecular weight excluding hydrogens is 272 g/mol. The van der Waals surface area contributed by atoms with E-state index in [-0.39, 0.29) is 5.91 Å². The van der Waals surface area contributed by atoms with Crippen LogP contribution in [-0.2, 0) is 11.3 Å². The van der Waals surface area contributed by atoms with Gasteiger partial charge in [-0.3, -0.25) is 9.69 Å². The van der Waals surface area contributed by atoms with Gasteiger partial charge in [0.1, 0.15) is 0 Å². The number of carbonyl (C=O) groups excluding carboxylic acids is 1. The maximum Gasteiger partial charge on any atom is 0.238 e. The topological polar surface area (TPSA) is 32.3 Å². The second-order valence-electron chi connectivity index (χ2n) is 5.64. The SMILES string of the molecule is CCN(CC(=O)Nc1ccc(C)c(C)c1)Cc1ccccc1. The van der Waals surface area contributed by atoms with Gasteiger partial charge in [-0.2, -0.15) is 0 Å². The minimum absolute atomic E-state index is 0.0287. The van der Waals surface area contributed by atoms with Gasteiger partial charge in [0.15, 0.2) is 0 Å². The summed E-state index contributed by atoms with van der Waals surface area (Å²) in [5.41, 5.74) is 4.51. The van der Waals surface area contributed by atoms with Gasteiger partial charge in [-0.05, 0) is 49.2 Å². The number of nitrogens with zero attached hydrogens (tertiary/aromatic N) is 1. The van der Waals surface area contributed by atoms with Gasteiger partial charge in [0, 0.05) is 12.2 Å². The molecule has 0 aliphatic carbocycles. The van der Waals surface area contributed by atoms with Gasteiger partial charge in [0.2, 0.25) is 5.91 Å². The van der Waals surface area contributed by atoms with Crippen LogP contribution in [0.3, 0.4) is 0 Å². The lowest BCUT2D eigenvalue weighted by atomic mass is 10.1. The average molecular weight is 296 g/mol. The van der Waals surface area contributed by atoms with Gasteiger partial charge >= 0.3 is 0 Å². The first-order valence-electron chi connectivity index (χ1n) is 7.72. The van der Waals surface area contributed by atoms with Gasteiger partial charge < -0.3 is 5.32 Å². The van der Waals surface area contributed by atoms with Crippen molar-refractivity contribution in [2.75, 3.05) is 18.4 Å². The van der Waals surface area contributed by atoms with Crippen LogP contribution in [0.1, 0.15) is 23.6 Å². The van der Waals surface area contributed by atoms with Crippen molar-refractivity contribution in [3.8, 4) is 0 Å². The molecule has 0 fully saturated rings. The van der Waals surface area contributed by atoms with Crippen LogP contribution in [0.15, 0.2) is 48.5 Å². The lowest BCUT2D eigenvalue weighted by molar-refractivity contribution is -0.117. The first-order chi connectivity index (χ1) is 10.6. The maximum atomic E-state index is 12.2. The molecule has 1 N–H and O–H groups in total. The van der Waals surface area contributed by atoms with E-state index in [9.17, 15) is 4.79 Å². The summed E-state index contributed by atoms with van der Waals surface area (Å²) in [6, 6.07) is 16.2. The number of likely N-dealkylation sites (N-methyl/N-ethyl adjacent to an activating group) is 1. The van der Waals surface area contributed by atoms with Crippen molar-refractivity contribution in [1.82, 2.24) is 4.90 Å². The number of carbonyl (C=O) groups is 1. The van der Waals surface area contributed by atoms with Crippen molar-refractivity contribution in [3.05, 3.63) is 65.2 Å². The molecule has 0 aliphatic rings. The van der Waals surface area contributed by atoms with E-state index in [0.29, 0.717) is 6.54 Å². The second kappa shape index (κ2) is 7.76. The summed E-state index contributed by atoms with van der Waals surface area (Å²) in [6.45, 7) is 8.23. The van der Waals surface area contributed by atoms with Crippen LogP contribution in [0.25, 0.3) is 0 Å². The van der Waals surface area contributed by atoms with Crippen molar-refractivity contribution >= 4 is 11.6 Å². The Kier molecular flexibility index (Phi) is 5.73. The molecule has 22 heavy (non-hydrogen) atoms. The Morgan fingerprint density at radius 2 is 1.77 bits per heavy atom. The van der Waals surface area contributed by atoms with E-state index >= 15 is 0 Å². The molecule has 0 saturated carbocycles. The van der Waals surface area contributed by atoms with E-state index < -0.39 is 0 Å². The van der Waals surface area contributed by atoms with Gasteiger partial charge in [0.05, 0.1) is 6.54 Å². The van der Waals surface area contributed by atoms with Crippen molar-refractivity contribution < 1.29 is 4.79 Å². The van der Waals surface area contributed by atoms with Crippen molar-refractivity contribution in [3.63, 3.8) is 0 Å². The first-order valence-corrected chi connectivity index (χ1v) is 7.72. The summed E-state index contributed by atoms with van der Waals surface area (Å²) in [7, 11) is 0. The molecule has 1 amide bonds. The minimum atomic E-state index is 0.0287. The normalized spacial score (nSPS) is 10.7. The van der Waals surface area contributed by atoms with Gasteiger partial charge in [-0.25, -0.2) is 0 Å². The number of nitrogens with one attached hydrogen (secondary N) is 1. The van der Waals surface area contributed by atoms with Crippen LogP contribution < -0.4 is 5.32 Å². The first kappa shape index (κ1) is 16.2. The predicted octanol–water partition coefficient (Wildman–Crippen LogP) is 3.76. The number of amides is 1. The molecular formula is C19H24N2O. The van der Waals surface area contributed by atoms with Gasteiger partial charge in [-0.15, -0.1) is 0 Å². The summed E-state index contributed by atoms with van der Waals surface area (Å²) < 4.78 is 0. The fraction of sp³-hybridized carbons (Fsp3) is 0.316. The number of hydrogen-bond acceptors (Lipinski definition) is 2. The molecule has 0 aromatic heterocycles. The summed E-state index contributed by atoms with van der Waals surface area (Å²) in [5.74, 6) is 0.0287. The fourth-order valence-electron chi connectivity index (χ4n) is 2.34. The Morgan fingerprint density at radius 3 is 2.41 bits per heavy atom. The second-order valence-corrected chi connectivity index (χ2v) is 5.64. The molecule has 2 aromatic rings. The summed E-state index contributed by atoms with van der Waals surface area (Å²) in [4.78, 5) is 14.3. The molecule has 3 heteroatoms. The van der Waals surface area contributed by atoms with Crippen LogP contribution in [0.5, 0.6) is 0 Å². The molecule has 2 aromatic carbocycles. The van der Waals surface area contributed by atoms with Crippen molar-refractivity contribution in [1.29, 1.82) is 0 Å². The van der Waals surface area contributed by atoms with Crippen LogP contribution >= 0.6 is 0 Å². The number of anilines is 1. The molecule has 116 valence electrons. The van der Waals surface area contributed by atoms with E-state index in [4.69, 9.17) is 0 Å². The molecule has 2 rings (SSSR count). The molecule has 0 bridgehead atoms. The zero-order valence-corrected chi connectivity index (χ0v) is 13.6. The molecule has 0 aliphatic heterocycles. The average Bonchev–Trinajstić information content (AvgIpc) is 2.51. The third kappa shape index (κ3) is 4.71. The Hall–Kier alpha value is -2.13. The molecule has 0 spiro atoms. The van der Waals surface area contributed by atoms with Crippen LogP contribution in [0.4, 0.5) is 5.69 Å². The standard InChI is InChI=1S/C19H24N2O/c1-4-21(13-17-8-6-5-7-9-17)14-19(22)20-18-11-10-15(2)16(3)12-18/h5-12H,4,13-14H2,1-3H3,(H,20,22). The van der Waals surface area contributed by atoms with Crippen molar-refractivity contribution in [2.24, 2.45) is 0 Å². The van der Waals surface area contributed by atoms with Crippen LogP contribution in [0, 0.1) is 13.8 Å². The summed E-state index contributed by atoms with van der Waals surface area (Å²) in [6.07, 6.45) is 0. The predicted molar refractivity (Wildman–Crippen MR) is 91.9 cm³/mol. The summed E-state index contributed by atoms with van der Waals surface area (Å²) in [5, 5.41) is 2.98. The Morgan fingerprint density at radius 1 is 1.05 bits per heavy atom. The third-order valence-electron chi connectivity index (χ3n) is 3.85. The maximum absolute atomic E-state index is 12.2. The highest BCUT2D eigenvalue weighted by Gasteiger charge is 2.10. The molecule has 0 radical (unpaired) electrons. The van der Waals surface area contributed by atoms with E-state index in [1.807, 2.05) is 36.4 Å². The molecule has 0 heterocycles. The highest BCUT2D eigenvalue weighted by molar-refractivity contribution is 5.92. The smallest absolute Gasteiger partial charge is 0.238 e. The summed E-state index contributed by atoms with van der Waals surface area (Å²) >= 11 is 0. The third-order valence-corrected chi connectivity index (χ3v) is 3.85. The Balaban J connectivity index is 1.93. The molecule has 0 saturated heterocycles. The van der Waals surface area contributed by atoms with Crippen LogP contribution in [0.2, 0.25) is 0 Å². The lowest BCUT2D eigenvalue weighted by Crippen LogP contribution is -2.32. The fourth-order valence-corrected chi connectivity index (χ4v) is 2.34. The van der Waals surface area contributed by atoms with E-state index in [2.05, 4.69) is 43.1 Å². The minimum Gasteiger partial charge on any atom is -0.325 e. The highest BCUT2D eigenvalue weighted by Crippen LogP contribution is 2.14. The molecule has 3 nitrogen and oxygen atoms in total. The molecule has 0 atom stereocenters.